The zero-order valence-electron chi connectivity index (χ0n) is 11.2. The van der Waals surface area contributed by atoms with E-state index in [9.17, 15) is 0 Å². The Bertz CT molecular complexity index is 782. The molecule has 0 aliphatic carbocycles. The first-order valence-electron chi connectivity index (χ1n) is 6.18. The Kier molecular flexibility index (Phi) is 3.35. The molecule has 104 valence electrons. The van der Waals surface area contributed by atoms with Gasteiger partial charge in [0.15, 0.2) is 5.76 Å². The number of nitrogens with zero attached hydrogens (tertiary/aromatic N) is 5. The summed E-state index contributed by atoms with van der Waals surface area (Å²) in [4.78, 5) is 3.83. The Morgan fingerprint density at radius 1 is 1.33 bits per heavy atom. The van der Waals surface area contributed by atoms with Crippen LogP contribution in [0.15, 0.2) is 41.2 Å². The van der Waals surface area contributed by atoms with Crippen LogP contribution >= 0.6 is 0 Å². The number of nitriles is 1. The van der Waals surface area contributed by atoms with Crippen molar-refractivity contribution in [3.8, 4) is 23.1 Å². The number of methoxy groups -OCH3 is 1. The van der Waals surface area contributed by atoms with Gasteiger partial charge in [-0.2, -0.15) is 5.26 Å². The second kappa shape index (κ2) is 5.46. The summed E-state index contributed by atoms with van der Waals surface area (Å²) in [6.07, 6.45) is 1.48. The third kappa shape index (κ3) is 2.74. The van der Waals surface area contributed by atoms with Gasteiger partial charge in [0, 0.05) is 11.6 Å². The van der Waals surface area contributed by atoms with Crippen molar-refractivity contribution in [3.63, 3.8) is 0 Å². The molecule has 3 rings (SSSR count). The first-order chi connectivity index (χ1) is 10.3. The Hall–Kier alpha value is -3.14. The molecule has 0 saturated heterocycles. The second-order valence-electron chi connectivity index (χ2n) is 4.28. The smallest absolute Gasteiger partial charge is 0.252 e. The van der Waals surface area contributed by atoms with Crippen LogP contribution in [0, 0.1) is 11.3 Å². The van der Waals surface area contributed by atoms with Crippen LogP contribution < -0.4 is 4.74 Å². The molecule has 0 bridgehead atoms. The normalized spacial score (nSPS) is 10.3. The van der Waals surface area contributed by atoms with Crippen molar-refractivity contribution >= 4 is 0 Å². The highest BCUT2D eigenvalue weighted by Crippen LogP contribution is 2.22. The van der Waals surface area contributed by atoms with E-state index in [2.05, 4.69) is 15.2 Å². The Balaban J connectivity index is 1.77. The molecule has 0 unspecified atom stereocenters. The number of hydrogen-bond donors (Lipinski definition) is 0. The van der Waals surface area contributed by atoms with Crippen molar-refractivity contribution < 1.29 is 9.26 Å². The summed E-state index contributed by atoms with van der Waals surface area (Å²) in [7, 11) is 1.62. The maximum absolute atomic E-state index is 8.68. The summed E-state index contributed by atoms with van der Waals surface area (Å²) in [6, 6.07) is 11.2. The minimum absolute atomic E-state index is 0.130. The lowest BCUT2D eigenvalue weighted by Crippen LogP contribution is -1.99. The van der Waals surface area contributed by atoms with Crippen LogP contribution in [0.4, 0.5) is 0 Å². The van der Waals surface area contributed by atoms with E-state index in [0.717, 1.165) is 17.0 Å². The molecule has 0 saturated carbocycles. The van der Waals surface area contributed by atoms with Gasteiger partial charge in [0.25, 0.3) is 5.82 Å². The lowest BCUT2D eigenvalue weighted by Gasteiger charge is -1.99. The van der Waals surface area contributed by atoms with Gasteiger partial charge in [-0.1, -0.05) is 5.16 Å². The van der Waals surface area contributed by atoms with E-state index >= 15 is 0 Å². The fourth-order valence-corrected chi connectivity index (χ4v) is 1.87. The van der Waals surface area contributed by atoms with Crippen LogP contribution in [0.1, 0.15) is 11.6 Å². The molecule has 0 amide bonds. The molecule has 3 aromatic rings. The van der Waals surface area contributed by atoms with Gasteiger partial charge in [0.1, 0.15) is 30.4 Å². The number of ether oxygens (including phenoxy) is 1. The van der Waals surface area contributed by atoms with Gasteiger partial charge in [-0.3, -0.25) is 0 Å². The highest BCUT2D eigenvalue weighted by Gasteiger charge is 2.08. The van der Waals surface area contributed by atoms with E-state index in [1.165, 1.54) is 11.0 Å². The summed E-state index contributed by atoms with van der Waals surface area (Å²) in [6.45, 7) is 0.373. The van der Waals surface area contributed by atoms with E-state index in [4.69, 9.17) is 14.5 Å². The summed E-state index contributed by atoms with van der Waals surface area (Å²) < 4.78 is 11.9. The highest BCUT2D eigenvalue weighted by molar-refractivity contribution is 5.59. The van der Waals surface area contributed by atoms with E-state index in [1.807, 2.05) is 36.4 Å². The van der Waals surface area contributed by atoms with Crippen molar-refractivity contribution in [2.75, 3.05) is 7.11 Å². The number of rotatable bonds is 4. The molecule has 0 spiro atoms. The van der Waals surface area contributed by atoms with E-state index in [-0.39, 0.29) is 5.82 Å². The first kappa shape index (κ1) is 12.9. The van der Waals surface area contributed by atoms with Gasteiger partial charge in [0.05, 0.1) is 7.11 Å². The molecule has 0 N–H and O–H groups in total. The molecular weight excluding hydrogens is 270 g/mol. The van der Waals surface area contributed by atoms with Crippen molar-refractivity contribution in [2.24, 2.45) is 0 Å². The second-order valence-corrected chi connectivity index (χ2v) is 4.28. The molecule has 0 atom stereocenters. The third-order valence-electron chi connectivity index (χ3n) is 2.90. The lowest BCUT2D eigenvalue weighted by molar-refractivity contribution is 0.373. The summed E-state index contributed by atoms with van der Waals surface area (Å²) in [5, 5.41) is 16.7. The van der Waals surface area contributed by atoms with E-state index in [1.54, 1.807) is 7.11 Å². The van der Waals surface area contributed by atoms with Crippen molar-refractivity contribution in [1.82, 2.24) is 19.9 Å². The van der Waals surface area contributed by atoms with Crippen molar-refractivity contribution in [2.45, 2.75) is 6.54 Å². The van der Waals surface area contributed by atoms with Gasteiger partial charge in [-0.05, 0) is 24.3 Å². The fraction of sp³-hybridized carbons (Fsp3) is 0.143. The van der Waals surface area contributed by atoms with Crippen LogP contribution in [0.3, 0.4) is 0 Å². The number of aromatic nitrogens is 4. The van der Waals surface area contributed by atoms with Gasteiger partial charge in [-0.15, -0.1) is 5.10 Å². The molecule has 7 heteroatoms. The minimum Gasteiger partial charge on any atom is -0.497 e. The van der Waals surface area contributed by atoms with Crippen LogP contribution in [-0.4, -0.2) is 27.0 Å². The van der Waals surface area contributed by atoms with Crippen LogP contribution in [-0.2, 0) is 6.54 Å². The van der Waals surface area contributed by atoms with Gasteiger partial charge >= 0.3 is 0 Å². The fourth-order valence-electron chi connectivity index (χ4n) is 1.87. The lowest BCUT2D eigenvalue weighted by atomic mass is 10.1. The number of hydrogen-bond acceptors (Lipinski definition) is 6. The summed E-state index contributed by atoms with van der Waals surface area (Å²) in [5.74, 6) is 1.55. The van der Waals surface area contributed by atoms with Gasteiger partial charge in [-0.25, -0.2) is 9.67 Å². The predicted octanol–water partition coefficient (Wildman–Crippen LogP) is 1.86. The molecular formula is C14H11N5O2. The third-order valence-corrected chi connectivity index (χ3v) is 2.90. The van der Waals surface area contributed by atoms with Crippen molar-refractivity contribution in [1.29, 1.82) is 5.26 Å². The number of benzene rings is 1. The maximum Gasteiger partial charge on any atom is 0.252 e. The monoisotopic (exact) mass is 281 g/mol. The maximum atomic E-state index is 8.68. The standard InChI is InChI=1S/C14H11N5O2/c1-20-11-4-2-10(3-5-11)13-6-12(21-18-13)8-19-9-16-14(7-15)17-19/h2-6,9H,8H2,1H3. The molecule has 21 heavy (non-hydrogen) atoms. The zero-order chi connectivity index (χ0) is 14.7. The topological polar surface area (TPSA) is 89.8 Å². The Morgan fingerprint density at radius 2 is 2.14 bits per heavy atom. The molecule has 2 aromatic heterocycles. The molecule has 0 aliphatic rings. The predicted molar refractivity (Wildman–Crippen MR) is 72.3 cm³/mol. The molecule has 0 fully saturated rings. The summed E-state index contributed by atoms with van der Waals surface area (Å²) >= 11 is 0. The molecule has 7 nitrogen and oxygen atoms in total. The Labute approximate surface area is 120 Å². The average Bonchev–Trinajstić information content (AvgIpc) is 3.17. The average molecular weight is 281 g/mol. The van der Waals surface area contributed by atoms with Crippen LogP contribution in [0.5, 0.6) is 5.75 Å². The van der Waals surface area contributed by atoms with Crippen LogP contribution in [0.2, 0.25) is 0 Å². The molecule has 1 aromatic carbocycles. The van der Waals surface area contributed by atoms with Crippen molar-refractivity contribution in [3.05, 3.63) is 48.2 Å². The molecule has 0 radical (unpaired) electrons. The zero-order valence-corrected chi connectivity index (χ0v) is 11.2. The van der Waals surface area contributed by atoms with Gasteiger partial charge in [0.2, 0.25) is 0 Å². The van der Waals surface area contributed by atoms with E-state index in [0.29, 0.717) is 12.3 Å². The quantitative estimate of drug-likeness (QED) is 0.725. The Morgan fingerprint density at radius 3 is 2.81 bits per heavy atom. The minimum atomic E-state index is 0.130. The highest BCUT2D eigenvalue weighted by atomic mass is 16.5. The molecule has 2 heterocycles. The van der Waals surface area contributed by atoms with Gasteiger partial charge < -0.3 is 9.26 Å². The largest absolute Gasteiger partial charge is 0.497 e. The van der Waals surface area contributed by atoms with Crippen LogP contribution in [0.25, 0.3) is 11.3 Å². The SMILES string of the molecule is COc1ccc(-c2cc(Cn3cnc(C#N)n3)on2)cc1. The molecule has 0 aliphatic heterocycles. The summed E-state index contributed by atoms with van der Waals surface area (Å²) in [5.41, 5.74) is 1.66. The first-order valence-corrected chi connectivity index (χ1v) is 6.18. The van der Waals surface area contributed by atoms with E-state index < -0.39 is 0 Å².